The lowest BCUT2D eigenvalue weighted by molar-refractivity contribution is -0.142. The molecule has 0 aliphatic rings. The highest BCUT2D eigenvalue weighted by molar-refractivity contribution is 5.78. The predicted molar refractivity (Wildman–Crippen MR) is 79.4 cm³/mol. The van der Waals surface area contributed by atoms with Crippen LogP contribution in [0.2, 0.25) is 0 Å². The summed E-state index contributed by atoms with van der Waals surface area (Å²) >= 11 is 0. The van der Waals surface area contributed by atoms with Gasteiger partial charge in [-0.1, -0.05) is 0 Å². The Bertz CT molecular complexity index is 854. The first-order valence-electron chi connectivity index (χ1n) is 7.23. The molecule has 3 rings (SSSR count). The van der Waals surface area contributed by atoms with E-state index in [9.17, 15) is 13.2 Å². The molecule has 2 heterocycles. The number of fused-ring (bicyclic) bond motifs is 1. The Balaban J connectivity index is 2.03. The van der Waals surface area contributed by atoms with Crippen molar-refractivity contribution >= 4 is 11.1 Å². The average molecular weight is 340 g/mol. The summed E-state index contributed by atoms with van der Waals surface area (Å²) in [6, 6.07) is 4.95. The third-order valence-electron chi connectivity index (χ3n) is 3.33. The molecular weight excluding hydrogens is 325 g/mol. The zero-order chi connectivity index (χ0) is 17.3. The molecule has 0 fully saturated rings. The lowest BCUT2D eigenvalue weighted by Crippen LogP contribution is -2.19. The van der Waals surface area contributed by atoms with Gasteiger partial charge in [0.25, 0.3) is 0 Å². The van der Waals surface area contributed by atoms with Crippen molar-refractivity contribution in [2.75, 3.05) is 13.7 Å². The Morgan fingerprint density at radius 2 is 2.04 bits per heavy atom. The van der Waals surface area contributed by atoms with Crippen molar-refractivity contribution in [2.24, 2.45) is 0 Å². The molecule has 128 valence electrons. The highest BCUT2D eigenvalue weighted by atomic mass is 19.4. The van der Waals surface area contributed by atoms with Crippen LogP contribution in [0.25, 0.3) is 22.5 Å². The van der Waals surface area contributed by atoms with Crippen molar-refractivity contribution < 1.29 is 22.3 Å². The van der Waals surface area contributed by atoms with Gasteiger partial charge in [-0.25, -0.2) is 14.6 Å². The third-order valence-corrected chi connectivity index (χ3v) is 3.33. The molecule has 0 N–H and O–H groups in total. The van der Waals surface area contributed by atoms with Crippen molar-refractivity contribution in [3.8, 4) is 11.4 Å². The van der Waals surface area contributed by atoms with Crippen LogP contribution in [-0.2, 0) is 17.7 Å². The summed E-state index contributed by atoms with van der Waals surface area (Å²) in [5.74, 6) is 0.916. The molecule has 0 saturated carbocycles. The number of alkyl halides is 3. The maximum absolute atomic E-state index is 12.8. The van der Waals surface area contributed by atoms with Gasteiger partial charge in [-0.2, -0.15) is 18.3 Å². The molecule has 0 unspecified atom stereocenters. The quantitative estimate of drug-likeness (QED) is 0.714. The Labute approximate surface area is 135 Å². The van der Waals surface area contributed by atoms with Crippen molar-refractivity contribution in [1.82, 2.24) is 19.7 Å². The van der Waals surface area contributed by atoms with Crippen molar-refractivity contribution in [2.45, 2.75) is 26.1 Å². The van der Waals surface area contributed by atoms with E-state index in [4.69, 9.17) is 9.15 Å². The summed E-state index contributed by atoms with van der Waals surface area (Å²) in [5.41, 5.74) is 1.61. The van der Waals surface area contributed by atoms with Gasteiger partial charge in [0.15, 0.2) is 23.1 Å². The molecule has 1 aromatic carbocycles. The Hall–Kier alpha value is -2.42. The first-order chi connectivity index (χ1) is 11.4. The topological polar surface area (TPSA) is 66.0 Å². The number of ether oxygens (including phenoxy) is 1. The lowest BCUT2D eigenvalue weighted by atomic mass is 10.2. The second-order valence-corrected chi connectivity index (χ2v) is 5.28. The van der Waals surface area contributed by atoms with E-state index in [0.29, 0.717) is 41.4 Å². The van der Waals surface area contributed by atoms with E-state index in [1.54, 1.807) is 25.1 Å². The van der Waals surface area contributed by atoms with E-state index < -0.39 is 12.7 Å². The Kier molecular flexibility index (Phi) is 4.27. The van der Waals surface area contributed by atoms with Crippen molar-refractivity contribution in [3.63, 3.8) is 0 Å². The highest BCUT2D eigenvalue weighted by Crippen LogP contribution is 2.26. The fourth-order valence-electron chi connectivity index (χ4n) is 2.36. The molecular formula is C15H15F3N4O2. The number of aryl methyl sites for hydroxylation is 1. The molecule has 0 radical (unpaired) electrons. The number of halogens is 3. The van der Waals surface area contributed by atoms with Crippen LogP contribution in [0.15, 0.2) is 22.6 Å². The van der Waals surface area contributed by atoms with Gasteiger partial charge in [0, 0.05) is 26.0 Å². The number of rotatable bonds is 5. The summed E-state index contributed by atoms with van der Waals surface area (Å²) in [4.78, 5) is 8.39. The predicted octanol–water partition coefficient (Wildman–Crippen LogP) is 3.15. The molecule has 0 aliphatic carbocycles. The van der Waals surface area contributed by atoms with Crippen LogP contribution in [0.1, 0.15) is 11.7 Å². The van der Waals surface area contributed by atoms with Gasteiger partial charge in [0.2, 0.25) is 0 Å². The van der Waals surface area contributed by atoms with Crippen molar-refractivity contribution in [1.29, 1.82) is 0 Å². The fourth-order valence-corrected chi connectivity index (χ4v) is 2.36. The molecule has 2 aromatic heterocycles. The number of benzene rings is 1. The molecule has 0 atom stereocenters. The number of hydrogen-bond donors (Lipinski definition) is 0. The second kappa shape index (κ2) is 6.23. The second-order valence-electron chi connectivity index (χ2n) is 5.28. The van der Waals surface area contributed by atoms with Gasteiger partial charge in [-0.05, 0) is 18.2 Å². The smallest absolute Gasteiger partial charge is 0.408 e. The normalized spacial score (nSPS) is 12.2. The summed E-state index contributed by atoms with van der Waals surface area (Å²) in [6.45, 7) is 0.820. The molecule has 0 saturated heterocycles. The van der Waals surface area contributed by atoms with Gasteiger partial charge in [-0.3, -0.25) is 0 Å². The molecule has 6 nitrogen and oxygen atoms in total. The van der Waals surface area contributed by atoms with Gasteiger partial charge < -0.3 is 9.15 Å². The van der Waals surface area contributed by atoms with Crippen LogP contribution in [0.4, 0.5) is 13.2 Å². The zero-order valence-electron chi connectivity index (χ0n) is 13.1. The third kappa shape index (κ3) is 3.56. The van der Waals surface area contributed by atoms with E-state index in [-0.39, 0.29) is 5.82 Å². The molecule has 0 amide bonds. The summed E-state index contributed by atoms with van der Waals surface area (Å²) in [7, 11) is 1.51. The summed E-state index contributed by atoms with van der Waals surface area (Å²) < 4.78 is 49.7. The van der Waals surface area contributed by atoms with E-state index in [2.05, 4.69) is 15.1 Å². The highest BCUT2D eigenvalue weighted by Gasteiger charge is 2.30. The van der Waals surface area contributed by atoms with E-state index in [1.165, 1.54) is 7.11 Å². The molecule has 24 heavy (non-hydrogen) atoms. The summed E-state index contributed by atoms with van der Waals surface area (Å²) in [5, 5.41) is 3.95. The number of nitrogens with zero attached hydrogens (tertiary/aromatic N) is 4. The minimum atomic E-state index is -4.39. The monoisotopic (exact) mass is 340 g/mol. The molecule has 9 heteroatoms. The first kappa shape index (κ1) is 16.4. The van der Waals surface area contributed by atoms with Gasteiger partial charge in [-0.15, -0.1) is 0 Å². The van der Waals surface area contributed by atoms with Crippen molar-refractivity contribution in [3.05, 3.63) is 29.9 Å². The van der Waals surface area contributed by atoms with Crippen LogP contribution in [0.3, 0.4) is 0 Å². The van der Waals surface area contributed by atoms with Crippen LogP contribution in [-0.4, -0.2) is 39.6 Å². The minimum Gasteiger partial charge on any atom is -0.441 e. The molecule has 0 bridgehead atoms. The number of oxazole rings is 1. The van der Waals surface area contributed by atoms with E-state index >= 15 is 0 Å². The van der Waals surface area contributed by atoms with Crippen LogP contribution in [0.5, 0.6) is 0 Å². The van der Waals surface area contributed by atoms with Crippen LogP contribution < -0.4 is 0 Å². The number of hydrogen-bond acceptors (Lipinski definition) is 5. The fraction of sp³-hybridized carbons (Fsp3) is 0.400. The average Bonchev–Trinajstić information content (AvgIpc) is 3.04. The van der Waals surface area contributed by atoms with Crippen LogP contribution >= 0.6 is 0 Å². The van der Waals surface area contributed by atoms with Gasteiger partial charge in [0.05, 0.1) is 6.61 Å². The minimum absolute atomic E-state index is 0.134. The Morgan fingerprint density at radius 3 is 2.75 bits per heavy atom. The maximum atomic E-state index is 12.8. The maximum Gasteiger partial charge on any atom is 0.408 e. The standard InChI is InChI=1S/C15H15F3N4O2/c1-9-19-11-4-3-10(7-12(11)24-9)14-20-13(5-6-23-2)21-22(14)8-15(16,17)18/h3-4,7H,5-6,8H2,1-2H3. The van der Waals surface area contributed by atoms with Gasteiger partial charge >= 0.3 is 6.18 Å². The van der Waals surface area contributed by atoms with E-state index in [0.717, 1.165) is 4.68 Å². The largest absolute Gasteiger partial charge is 0.441 e. The zero-order valence-corrected chi connectivity index (χ0v) is 13.1. The molecule has 0 aliphatic heterocycles. The SMILES string of the molecule is COCCc1nc(-c2ccc3nc(C)oc3c2)n(CC(F)(F)F)n1. The first-order valence-corrected chi connectivity index (χ1v) is 7.23. The Morgan fingerprint density at radius 1 is 1.25 bits per heavy atom. The van der Waals surface area contributed by atoms with Gasteiger partial charge in [0.1, 0.15) is 12.1 Å². The lowest BCUT2D eigenvalue weighted by Gasteiger charge is -2.08. The molecule has 0 spiro atoms. The van der Waals surface area contributed by atoms with E-state index in [1.807, 2.05) is 0 Å². The van der Waals surface area contributed by atoms with Crippen LogP contribution in [0, 0.1) is 6.92 Å². The number of methoxy groups -OCH3 is 1. The molecule has 3 aromatic rings. The number of aromatic nitrogens is 4. The summed E-state index contributed by atoms with van der Waals surface area (Å²) in [6.07, 6.45) is -4.06.